The van der Waals surface area contributed by atoms with E-state index >= 15 is 0 Å². The second-order valence-electron chi connectivity index (χ2n) is 6.13. The summed E-state index contributed by atoms with van der Waals surface area (Å²) in [4.78, 5) is 14.1. The Morgan fingerprint density at radius 3 is 2.63 bits per heavy atom. The van der Waals surface area contributed by atoms with Crippen molar-refractivity contribution in [3.63, 3.8) is 0 Å². The number of likely N-dealkylation sites (tertiary alicyclic amines) is 1. The third kappa shape index (κ3) is 3.24. The van der Waals surface area contributed by atoms with Crippen molar-refractivity contribution in [3.8, 4) is 0 Å². The minimum atomic E-state index is 0.0215. The number of rotatable bonds is 4. The molecule has 19 heavy (non-hydrogen) atoms. The van der Waals surface area contributed by atoms with Gasteiger partial charge in [-0.2, -0.15) is 5.10 Å². The highest BCUT2D eigenvalue weighted by molar-refractivity contribution is 4.87. The van der Waals surface area contributed by atoms with Crippen LogP contribution in [0, 0.1) is 11.8 Å². The molecule has 0 bridgehead atoms. The van der Waals surface area contributed by atoms with Gasteiger partial charge in [-0.05, 0) is 24.8 Å². The predicted octanol–water partition coefficient (Wildman–Crippen LogP) is 1.76. The molecule has 0 radical (unpaired) electrons. The lowest BCUT2D eigenvalue weighted by Crippen LogP contribution is -2.51. The van der Waals surface area contributed by atoms with E-state index in [1.807, 2.05) is 0 Å². The van der Waals surface area contributed by atoms with Crippen LogP contribution in [0.2, 0.25) is 0 Å². The lowest BCUT2D eigenvalue weighted by atomic mass is 9.87. The van der Waals surface area contributed by atoms with Crippen molar-refractivity contribution in [2.24, 2.45) is 11.8 Å². The molecule has 0 N–H and O–H groups in total. The van der Waals surface area contributed by atoms with Crippen LogP contribution < -0.4 is 5.56 Å². The Labute approximate surface area is 114 Å². The van der Waals surface area contributed by atoms with Gasteiger partial charge in [-0.3, -0.25) is 4.79 Å². The maximum atomic E-state index is 11.6. The van der Waals surface area contributed by atoms with Crippen LogP contribution in [0.1, 0.15) is 32.1 Å². The molecule has 4 heteroatoms. The second-order valence-corrected chi connectivity index (χ2v) is 6.13. The molecule has 0 aromatic carbocycles. The van der Waals surface area contributed by atoms with E-state index in [1.54, 1.807) is 23.0 Å². The number of hydrogen-bond acceptors (Lipinski definition) is 3. The van der Waals surface area contributed by atoms with E-state index in [0.717, 1.165) is 25.6 Å². The molecule has 1 saturated carbocycles. The fraction of sp³-hybridized carbons (Fsp3) is 0.733. The molecule has 1 saturated heterocycles. The van der Waals surface area contributed by atoms with Gasteiger partial charge in [0.2, 0.25) is 0 Å². The summed E-state index contributed by atoms with van der Waals surface area (Å²) in [6.07, 6.45) is 8.81. The molecule has 4 nitrogen and oxygen atoms in total. The van der Waals surface area contributed by atoms with Gasteiger partial charge in [-0.15, -0.1) is 0 Å². The Kier molecular flexibility index (Phi) is 3.97. The number of nitrogens with zero attached hydrogens (tertiary/aromatic N) is 3. The lowest BCUT2D eigenvalue weighted by Gasteiger charge is -2.41. The van der Waals surface area contributed by atoms with Crippen molar-refractivity contribution < 1.29 is 0 Å². The van der Waals surface area contributed by atoms with Crippen molar-refractivity contribution in [2.75, 3.05) is 19.6 Å². The summed E-state index contributed by atoms with van der Waals surface area (Å²) in [6, 6.07) is 3.29. The third-order valence-electron chi connectivity index (χ3n) is 4.49. The van der Waals surface area contributed by atoms with Crippen LogP contribution in [0.15, 0.2) is 23.1 Å². The molecule has 1 aliphatic carbocycles. The average Bonchev–Trinajstić information content (AvgIpc) is 2.40. The third-order valence-corrected chi connectivity index (χ3v) is 4.49. The van der Waals surface area contributed by atoms with E-state index < -0.39 is 0 Å². The molecule has 104 valence electrons. The summed E-state index contributed by atoms with van der Waals surface area (Å²) in [6.45, 7) is 4.33. The van der Waals surface area contributed by atoms with E-state index in [1.165, 1.54) is 38.6 Å². The summed E-state index contributed by atoms with van der Waals surface area (Å²) in [7, 11) is 0. The molecular formula is C15H23N3O. The van der Waals surface area contributed by atoms with Crippen LogP contribution in [-0.4, -0.2) is 34.3 Å². The van der Waals surface area contributed by atoms with E-state index in [2.05, 4.69) is 10.00 Å². The highest BCUT2D eigenvalue weighted by Crippen LogP contribution is 2.27. The van der Waals surface area contributed by atoms with Crippen molar-refractivity contribution >= 4 is 0 Å². The van der Waals surface area contributed by atoms with Crippen LogP contribution in [0.5, 0.6) is 0 Å². The normalized spacial score (nSPS) is 22.3. The minimum absolute atomic E-state index is 0.0215. The lowest BCUT2D eigenvalue weighted by molar-refractivity contribution is 0.0603. The first-order valence-corrected chi connectivity index (χ1v) is 7.56. The summed E-state index contributed by atoms with van der Waals surface area (Å²) < 4.78 is 1.60. The van der Waals surface area contributed by atoms with Crippen molar-refractivity contribution in [1.82, 2.24) is 14.7 Å². The van der Waals surface area contributed by atoms with Gasteiger partial charge >= 0.3 is 0 Å². The first-order chi connectivity index (χ1) is 9.31. The first-order valence-electron chi connectivity index (χ1n) is 7.56. The number of hydrogen-bond donors (Lipinski definition) is 0. The van der Waals surface area contributed by atoms with Crippen LogP contribution >= 0.6 is 0 Å². The van der Waals surface area contributed by atoms with Crippen LogP contribution in [0.3, 0.4) is 0 Å². The Morgan fingerprint density at radius 1 is 1.11 bits per heavy atom. The van der Waals surface area contributed by atoms with E-state index in [4.69, 9.17) is 0 Å². The molecule has 0 spiro atoms. The first kappa shape index (κ1) is 12.9. The Balaban J connectivity index is 1.43. The van der Waals surface area contributed by atoms with Crippen molar-refractivity contribution in [3.05, 3.63) is 28.7 Å². The fourth-order valence-corrected chi connectivity index (χ4v) is 3.45. The van der Waals surface area contributed by atoms with Crippen LogP contribution in [0.25, 0.3) is 0 Å². The molecule has 1 aliphatic heterocycles. The Bertz CT molecular complexity index is 458. The summed E-state index contributed by atoms with van der Waals surface area (Å²) in [5.41, 5.74) is 0.0215. The topological polar surface area (TPSA) is 38.1 Å². The van der Waals surface area contributed by atoms with Crippen LogP contribution in [-0.2, 0) is 6.54 Å². The molecule has 2 heterocycles. The second kappa shape index (κ2) is 5.87. The van der Waals surface area contributed by atoms with E-state index in [-0.39, 0.29) is 5.56 Å². The Morgan fingerprint density at radius 2 is 1.89 bits per heavy atom. The van der Waals surface area contributed by atoms with Gasteiger partial charge in [0.25, 0.3) is 5.56 Å². The monoisotopic (exact) mass is 261 g/mol. The molecule has 0 unspecified atom stereocenters. The molecule has 1 aromatic rings. The summed E-state index contributed by atoms with van der Waals surface area (Å²) >= 11 is 0. The SMILES string of the molecule is O=c1cccnn1CC1CN(CC2CCCCC2)C1. The summed E-state index contributed by atoms with van der Waals surface area (Å²) in [5, 5.41) is 4.13. The minimum Gasteiger partial charge on any atom is -0.302 e. The van der Waals surface area contributed by atoms with Gasteiger partial charge in [0.15, 0.2) is 0 Å². The molecule has 3 rings (SSSR count). The maximum absolute atomic E-state index is 11.6. The summed E-state index contributed by atoms with van der Waals surface area (Å²) in [5.74, 6) is 1.53. The van der Waals surface area contributed by atoms with Gasteiger partial charge in [-0.1, -0.05) is 19.3 Å². The quantitative estimate of drug-likeness (QED) is 0.829. The fourth-order valence-electron chi connectivity index (χ4n) is 3.45. The highest BCUT2D eigenvalue weighted by Gasteiger charge is 2.29. The van der Waals surface area contributed by atoms with Gasteiger partial charge in [-0.25, -0.2) is 4.68 Å². The molecule has 0 atom stereocenters. The molecule has 2 aliphatic rings. The number of aromatic nitrogens is 2. The standard InChI is InChI=1S/C15H23N3O/c19-15-7-4-8-16-18(15)12-14-10-17(11-14)9-13-5-2-1-3-6-13/h4,7-8,13-14H,1-3,5-6,9-12H2. The molecule has 1 aromatic heterocycles. The zero-order chi connectivity index (χ0) is 13.1. The largest absolute Gasteiger partial charge is 0.302 e. The van der Waals surface area contributed by atoms with Gasteiger partial charge < -0.3 is 4.90 Å². The maximum Gasteiger partial charge on any atom is 0.266 e. The van der Waals surface area contributed by atoms with Crippen LogP contribution in [0.4, 0.5) is 0 Å². The zero-order valence-electron chi connectivity index (χ0n) is 11.5. The zero-order valence-corrected chi connectivity index (χ0v) is 11.5. The van der Waals surface area contributed by atoms with Crippen molar-refractivity contribution in [2.45, 2.75) is 38.6 Å². The molecular weight excluding hydrogens is 238 g/mol. The van der Waals surface area contributed by atoms with Gasteiger partial charge in [0.1, 0.15) is 0 Å². The van der Waals surface area contributed by atoms with E-state index in [0.29, 0.717) is 5.92 Å². The van der Waals surface area contributed by atoms with E-state index in [9.17, 15) is 4.79 Å². The Hall–Kier alpha value is -1.16. The smallest absolute Gasteiger partial charge is 0.266 e. The highest BCUT2D eigenvalue weighted by atomic mass is 16.1. The predicted molar refractivity (Wildman–Crippen MR) is 75.0 cm³/mol. The van der Waals surface area contributed by atoms with Gasteiger partial charge in [0, 0.05) is 37.8 Å². The molecule has 2 fully saturated rings. The van der Waals surface area contributed by atoms with Gasteiger partial charge in [0.05, 0.1) is 6.54 Å². The average molecular weight is 261 g/mol. The van der Waals surface area contributed by atoms with Crippen molar-refractivity contribution in [1.29, 1.82) is 0 Å². The molecule has 0 amide bonds.